The van der Waals surface area contributed by atoms with Gasteiger partial charge in [-0.1, -0.05) is 0 Å². The number of anilines is 3. The molecule has 0 radical (unpaired) electrons. The van der Waals surface area contributed by atoms with Gasteiger partial charge in [-0.15, -0.1) is 0 Å². The summed E-state index contributed by atoms with van der Waals surface area (Å²) in [6.45, 7) is 7.27. The molecule has 4 rings (SSSR count). The molecule has 3 aromatic rings. The van der Waals surface area contributed by atoms with Crippen molar-refractivity contribution in [3.63, 3.8) is 0 Å². The molecule has 0 saturated carbocycles. The van der Waals surface area contributed by atoms with E-state index in [9.17, 15) is 4.79 Å². The third-order valence-electron chi connectivity index (χ3n) is 5.39. The number of aromatic nitrogens is 3. The van der Waals surface area contributed by atoms with E-state index in [1.54, 1.807) is 30.7 Å². The lowest BCUT2D eigenvalue weighted by molar-refractivity contribution is 0.0662. The molecule has 0 spiro atoms. The van der Waals surface area contributed by atoms with Crippen LogP contribution in [0.25, 0.3) is 0 Å². The van der Waals surface area contributed by atoms with E-state index in [0.717, 1.165) is 43.2 Å². The molecule has 1 fully saturated rings. The first kappa shape index (κ1) is 23.3. The Morgan fingerprint density at radius 2 is 1.79 bits per heavy atom. The third-order valence-corrected chi connectivity index (χ3v) is 5.39. The number of carbonyl (C=O) groups is 1. The van der Waals surface area contributed by atoms with Crippen LogP contribution in [0, 0.1) is 6.92 Å². The van der Waals surface area contributed by atoms with Crippen molar-refractivity contribution in [3.05, 3.63) is 66.2 Å². The molecular formula is C24H29N9O. The van der Waals surface area contributed by atoms with Gasteiger partial charge in [-0.2, -0.15) is 0 Å². The number of nitrogens with one attached hydrogen (secondary N) is 3. The van der Waals surface area contributed by atoms with Crippen molar-refractivity contribution in [2.45, 2.75) is 13.8 Å². The number of aryl methyl sites for hydroxylation is 1. The number of carbonyl (C=O) groups excluding carboxylic acids is 1. The zero-order valence-electron chi connectivity index (χ0n) is 19.6. The summed E-state index contributed by atoms with van der Waals surface area (Å²) in [5.74, 6) is 1.07. The predicted molar refractivity (Wildman–Crippen MR) is 134 cm³/mol. The fourth-order valence-corrected chi connectivity index (χ4v) is 3.45. The monoisotopic (exact) mass is 459 g/mol. The van der Waals surface area contributed by atoms with Crippen molar-refractivity contribution in [1.29, 1.82) is 0 Å². The third kappa shape index (κ3) is 6.33. The van der Waals surface area contributed by atoms with Gasteiger partial charge in [0.2, 0.25) is 5.95 Å². The Labute approximate surface area is 199 Å². The van der Waals surface area contributed by atoms with Crippen LogP contribution in [-0.4, -0.2) is 69.8 Å². The Balaban J connectivity index is 1.35. The summed E-state index contributed by atoms with van der Waals surface area (Å²) >= 11 is 0. The molecule has 10 heteroatoms. The summed E-state index contributed by atoms with van der Waals surface area (Å²) in [6.07, 6.45) is 5.13. The normalized spacial score (nSPS) is 15.1. The molecule has 1 amide bonds. The molecule has 1 saturated heterocycles. The Morgan fingerprint density at radius 1 is 1.03 bits per heavy atom. The molecule has 1 aliphatic heterocycles. The first-order valence-electron chi connectivity index (χ1n) is 11.1. The number of likely N-dealkylation sites (N-methyl/N-ethyl adjacent to an activating group) is 1. The molecular weight excluding hydrogens is 430 g/mol. The van der Waals surface area contributed by atoms with E-state index in [-0.39, 0.29) is 5.91 Å². The van der Waals surface area contributed by atoms with Gasteiger partial charge in [0.1, 0.15) is 11.5 Å². The number of rotatable bonds is 6. The number of hydrogen-bond donors (Lipinski definition) is 3. The molecule has 0 unspecified atom stereocenters. The molecule has 0 aliphatic carbocycles. The first-order valence-corrected chi connectivity index (χ1v) is 11.1. The zero-order chi connectivity index (χ0) is 23.9. The number of benzene rings is 1. The van der Waals surface area contributed by atoms with E-state index in [1.807, 2.05) is 43.1 Å². The van der Waals surface area contributed by atoms with Crippen LogP contribution in [0.15, 0.2) is 60.0 Å². The number of pyridine rings is 1. The fraction of sp³-hybridized carbons (Fsp3) is 0.292. The number of amidine groups is 1. The first-order chi connectivity index (χ1) is 16.5. The molecule has 3 N–H and O–H groups in total. The SMILES string of the molecule is CC(=Nc1cnc(Nc2ccc(C(=O)NN3CCN(C)CC3)cc2)nc1C)Nc1cccnc1. The Morgan fingerprint density at radius 3 is 2.47 bits per heavy atom. The van der Waals surface area contributed by atoms with E-state index in [4.69, 9.17) is 0 Å². The second kappa shape index (κ2) is 10.8. The van der Waals surface area contributed by atoms with Gasteiger partial charge in [0.25, 0.3) is 5.91 Å². The highest BCUT2D eigenvalue weighted by molar-refractivity contribution is 5.95. The molecule has 176 valence electrons. The molecule has 3 heterocycles. The maximum Gasteiger partial charge on any atom is 0.265 e. The summed E-state index contributed by atoms with van der Waals surface area (Å²) in [4.78, 5) is 32.3. The number of aliphatic imine (C=N–C) groups is 1. The second-order valence-corrected chi connectivity index (χ2v) is 8.16. The number of nitrogens with zero attached hydrogens (tertiary/aromatic N) is 6. The minimum atomic E-state index is -0.110. The van der Waals surface area contributed by atoms with Gasteiger partial charge in [-0.25, -0.2) is 20.0 Å². The van der Waals surface area contributed by atoms with Crippen LogP contribution in [0.2, 0.25) is 0 Å². The van der Waals surface area contributed by atoms with Crippen LogP contribution in [0.3, 0.4) is 0 Å². The van der Waals surface area contributed by atoms with Crippen LogP contribution < -0.4 is 16.1 Å². The van der Waals surface area contributed by atoms with Crippen molar-refractivity contribution in [1.82, 2.24) is 30.3 Å². The predicted octanol–water partition coefficient (Wildman–Crippen LogP) is 2.98. The minimum Gasteiger partial charge on any atom is -0.343 e. The van der Waals surface area contributed by atoms with Crippen molar-refractivity contribution < 1.29 is 4.79 Å². The van der Waals surface area contributed by atoms with Crippen LogP contribution >= 0.6 is 0 Å². The van der Waals surface area contributed by atoms with Crippen LogP contribution in [0.1, 0.15) is 23.0 Å². The quantitative estimate of drug-likeness (QED) is 0.381. The van der Waals surface area contributed by atoms with E-state index in [0.29, 0.717) is 23.0 Å². The average Bonchev–Trinajstić information content (AvgIpc) is 2.83. The number of hydrogen-bond acceptors (Lipinski definition) is 8. The lowest BCUT2D eigenvalue weighted by atomic mass is 10.2. The van der Waals surface area contributed by atoms with E-state index < -0.39 is 0 Å². The van der Waals surface area contributed by atoms with Crippen LogP contribution in [0.5, 0.6) is 0 Å². The van der Waals surface area contributed by atoms with Gasteiger partial charge in [-0.05, 0) is 57.3 Å². The van der Waals surface area contributed by atoms with Crippen molar-refractivity contribution >= 4 is 34.8 Å². The highest BCUT2D eigenvalue weighted by atomic mass is 16.2. The summed E-state index contributed by atoms with van der Waals surface area (Å²) < 4.78 is 0. The summed E-state index contributed by atoms with van der Waals surface area (Å²) in [7, 11) is 2.08. The van der Waals surface area contributed by atoms with Crippen molar-refractivity contribution in [2.75, 3.05) is 43.9 Å². The number of hydrazine groups is 1. The molecule has 0 atom stereocenters. The van der Waals surface area contributed by atoms with Gasteiger partial charge in [0.15, 0.2) is 0 Å². The zero-order valence-corrected chi connectivity index (χ0v) is 19.6. The van der Waals surface area contributed by atoms with Gasteiger partial charge in [-0.3, -0.25) is 15.2 Å². The fourth-order valence-electron chi connectivity index (χ4n) is 3.45. The van der Waals surface area contributed by atoms with Gasteiger partial charge in [0, 0.05) is 43.6 Å². The van der Waals surface area contributed by atoms with Crippen molar-refractivity contribution in [3.8, 4) is 0 Å². The molecule has 0 bridgehead atoms. The smallest absolute Gasteiger partial charge is 0.265 e. The van der Waals surface area contributed by atoms with E-state index >= 15 is 0 Å². The highest BCUT2D eigenvalue weighted by Gasteiger charge is 2.16. The van der Waals surface area contributed by atoms with Crippen molar-refractivity contribution in [2.24, 2.45) is 4.99 Å². The average molecular weight is 460 g/mol. The maximum absolute atomic E-state index is 12.5. The highest BCUT2D eigenvalue weighted by Crippen LogP contribution is 2.20. The molecule has 1 aliphatic rings. The Bertz CT molecular complexity index is 1140. The van der Waals surface area contributed by atoms with Crippen LogP contribution in [-0.2, 0) is 0 Å². The van der Waals surface area contributed by atoms with Gasteiger partial charge >= 0.3 is 0 Å². The van der Waals surface area contributed by atoms with Gasteiger partial charge < -0.3 is 15.5 Å². The maximum atomic E-state index is 12.5. The number of piperazine rings is 1. The van der Waals surface area contributed by atoms with E-state index in [2.05, 4.69) is 48.0 Å². The lowest BCUT2D eigenvalue weighted by Crippen LogP contribution is -2.52. The topological polar surface area (TPSA) is 111 Å². The number of amides is 1. The standard InChI is InChI=1S/C24H29N9O/c1-17-22(29-18(2)28-21-5-4-10-25-15-21)16-26-24(27-17)30-20-8-6-19(7-9-20)23(34)31-33-13-11-32(3)12-14-33/h4-10,15-16H,11-14H2,1-3H3,(H,28,29)(H,31,34)(H,26,27,30). The van der Waals surface area contributed by atoms with Gasteiger partial charge in [0.05, 0.1) is 23.8 Å². The Hall–Kier alpha value is -3.89. The second-order valence-electron chi connectivity index (χ2n) is 8.16. The lowest BCUT2D eigenvalue weighted by Gasteiger charge is -2.32. The molecule has 2 aromatic heterocycles. The van der Waals surface area contributed by atoms with E-state index in [1.165, 1.54) is 0 Å². The summed E-state index contributed by atoms with van der Waals surface area (Å²) in [6, 6.07) is 11.0. The minimum absolute atomic E-state index is 0.110. The molecule has 10 nitrogen and oxygen atoms in total. The molecule has 1 aromatic carbocycles. The summed E-state index contributed by atoms with van der Waals surface area (Å²) in [5, 5.41) is 8.33. The summed E-state index contributed by atoms with van der Waals surface area (Å²) in [5.41, 5.74) is 6.65. The Kier molecular flexibility index (Phi) is 7.41. The largest absolute Gasteiger partial charge is 0.343 e. The van der Waals surface area contributed by atoms with Crippen LogP contribution in [0.4, 0.5) is 23.0 Å². The molecule has 34 heavy (non-hydrogen) atoms.